The third-order valence-corrected chi connectivity index (χ3v) is 4.27. The van der Waals surface area contributed by atoms with Gasteiger partial charge in [-0.2, -0.15) is 5.10 Å². The van der Waals surface area contributed by atoms with Gasteiger partial charge in [0.05, 0.1) is 16.3 Å². The minimum atomic E-state index is -0.502. The van der Waals surface area contributed by atoms with Crippen molar-refractivity contribution in [2.75, 3.05) is 23.3 Å². The first-order valence-electron chi connectivity index (χ1n) is 8.44. The Morgan fingerprint density at radius 1 is 1.24 bits per heavy atom. The number of nitrogens with one attached hydrogen (secondary N) is 1. The summed E-state index contributed by atoms with van der Waals surface area (Å²) in [6.07, 6.45) is 6.30. The maximum Gasteiger partial charge on any atom is 0.306 e. The molecule has 0 radical (unpaired) electrons. The molecule has 0 bridgehead atoms. The summed E-state index contributed by atoms with van der Waals surface area (Å²) in [6, 6.07) is 7.81. The molecule has 2 heterocycles. The van der Waals surface area contributed by atoms with Crippen molar-refractivity contribution in [2.45, 2.75) is 32.2 Å². The second-order valence-electron chi connectivity index (χ2n) is 6.08. The van der Waals surface area contributed by atoms with E-state index in [9.17, 15) is 14.9 Å². The number of nitro groups is 1. The molecule has 0 atom stereocenters. The molecule has 0 spiro atoms. The Kier molecular flexibility index (Phi) is 5.27. The number of aromatic nitrogens is 2. The Morgan fingerprint density at radius 3 is 2.72 bits per heavy atom. The summed E-state index contributed by atoms with van der Waals surface area (Å²) in [7, 11) is 0. The number of piperidine rings is 1. The van der Waals surface area contributed by atoms with Crippen molar-refractivity contribution in [3.05, 3.63) is 46.8 Å². The van der Waals surface area contributed by atoms with Crippen molar-refractivity contribution in [3.8, 4) is 0 Å². The first-order chi connectivity index (χ1) is 12.1. The quantitative estimate of drug-likeness (QED) is 0.643. The van der Waals surface area contributed by atoms with Gasteiger partial charge >= 0.3 is 5.69 Å². The maximum absolute atomic E-state index is 12.3. The number of nitrogens with zero attached hydrogens (tertiary/aromatic N) is 4. The van der Waals surface area contributed by atoms with E-state index in [4.69, 9.17) is 0 Å². The summed E-state index contributed by atoms with van der Waals surface area (Å²) in [4.78, 5) is 24.7. The van der Waals surface area contributed by atoms with Crippen LogP contribution in [0.5, 0.6) is 0 Å². The van der Waals surface area contributed by atoms with Crippen LogP contribution in [0.1, 0.15) is 25.7 Å². The molecule has 1 amide bonds. The van der Waals surface area contributed by atoms with Crippen molar-refractivity contribution in [3.63, 3.8) is 0 Å². The molecule has 1 aliphatic rings. The minimum Gasteiger partial charge on any atom is -0.370 e. The molecule has 0 saturated carbocycles. The van der Waals surface area contributed by atoms with Crippen molar-refractivity contribution in [1.29, 1.82) is 0 Å². The van der Waals surface area contributed by atoms with Crippen LogP contribution in [0, 0.1) is 10.1 Å². The lowest BCUT2D eigenvalue weighted by Crippen LogP contribution is -2.30. The molecule has 0 aliphatic carbocycles. The molecule has 2 aromatic rings. The number of hydrogen-bond donors (Lipinski definition) is 1. The van der Waals surface area contributed by atoms with E-state index in [0.29, 0.717) is 6.54 Å². The molecule has 3 rings (SSSR count). The molecule has 25 heavy (non-hydrogen) atoms. The zero-order valence-corrected chi connectivity index (χ0v) is 13.9. The van der Waals surface area contributed by atoms with Crippen molar-refractivity contribution in [2.24, 2.45) is 0 Å². The monoisotopic (exact) mass is 343 g/mol. The molecular weight excluding hydrogens is 322 g/mol. The lowest BCUT2D eigenvalue weighted by Gasteiger charge is -2.30. The summed E-state index contributed by atoms with van der Waals surface area (Å²) < 4.78 is 1.41. The van der Waals surface area contributed by atoms with Crippen LogP contribution in [0.15, 0.2) is 36.7 Å². The van der Waals surface area contributed by atoms with Gasteiger partial charge in [-0.1, -0.05) is 12.1 Å². The van der Waals surface area contributed by atoms with E-state index in [0.717, 1.165) is 24.5 Å². The number of aryl methyl sites for hydroxylation is 1. The van der Waals surface area contributed by atoms with Gasteiger partial charge in [0.25, 0.3) is 0 Å². The van der Waals surface area contributed by atoms with Gasteiger partial charge in [0, 0.05) is 26.1 Å². The Bertz CT molecular complexity index is 752. The van der Waals surface area contributed by atoms with E-state index >= 15 is 0 Å². The van der Waals surface area contributed by atoms with E-state index in [2.05, 4.69) is 15.3 Å². The smallest absolute Gasteiger partial charge is 0.306 e. The number of hydrogen-bond acceptors (Lipinski definition) is 5. The van der Waals surface area contributed by atoms with Crippen LogP contribution in [0.4, 0.5) is 17.1 Å². The van der Waals surface area contributed by atoms with Crippen molar-refractivity contribution < 1.29 is 9.72 Å². The second-order valence-corrected chi connectivity index (χ2v) is 6.08. The van der Waals surface area contributed by atoms with E-state index < -0.39 is 4.92 Å². The maximum atomic E-state index is 12.3. The highest BCUT2D eigenvalue weighted by Crippen LogP contribution is 2.28. The molecular formula is C17H21N5O3. The molecule has 1 saturated heterocycles. The first-order valence-corrected chi connectivity index (χ1v) is 8.44. The zero-order valence-electron chi connectivity index (χ0n) is 13.9. The highest BCUT2D eigenvalue weighted by Gasteiger charge is 2.16. The van der Waals surface area contributed by atoms with Gasteiger partial charge in [-0.3, -0.25) is 19.6 Å². The molecule has 132 valence electrons. The summed E-state index contributed by atoms with van der Waals surface area (Å²) in [6.45, 7) is 2.30. The Morgan fingerprint density at radius 2 is 2.00 bits per heavy atom. The second kappa shape index (κ2) is 7.78. The van der Waals surface area contributed by atoms with Crippen LogP contribution in [-0.4, -0.2) is 33.7 Å². The van der Waals surface area contributed by atoms with Crippen molar-refractivity contribution >= 4 is 23.0 Å². The van der Waals surface area contributed by atoms with E-state index in [1.807, 2.05) is 24.3 Å². The highest BCUT2D eigenvalue weighted by molar-refractivity contribution is 5.94. The third kappa shape index (κ3) is 4.34. The summed E-state index contributed by atoms with van der Waals surface area (Å²) in [5.74, 6) is -0.136. The number of anilines is 2. The molecule has 0 unspecified atom stereocenters. The van der Waals surface area contributed by atoms with Gasteiger partial charge in [0.15, 0.2) is 0 Å². The van der Waals surface area contributed by atoms with Crippen LogP contribution in [0.25, 0.3) is 0 Å². The Hall–Kier alpha value is -2.90. The van der Waals surface area contributed by atoms with Crippen LogP contribution in [0.2, 0.25) is 0 Å². The summed E-state index contributed by atoms with van der Waals surface area (Å²) >= 11 is 0. The predicted octanol–water partition coefficient (Wildman–Crippen LogP) is 2.81. The molecule has 1 fully saturated rings. The number of rotatable bonds is 6. The van der Waals surface area contributed by atoms with Crippen LogP contribution >= 0.6 is 0 Å². The molecule has 1 aliphatic heterocycles. The average molecular weight is 343 g/mol. The largest absolute Gasteiger partial charge is 0.370 e. The fourth-order valence-electron chi connectivity index (χ4n) is 2.99. The summed E-state index contributed by atoms with van der Waals surface area (Å²) in [5, 5.41) is 17.5. The number of carbonyl (C=O) groups is 1. The lowest BCUT2D eigenvalue weighted by atomic mass is 10.1. The first kappa shape index (κ1) is 16.9. The van der Waals surface area contributed by atoms with Gasteiger partial charge in [0.1, 0.15) is 12.4 Å². The van der Waals surface area contributed by atoms with Crippen LogP contribution < -0.4 is 10.2 Å². The predicted molar refractivity (Wildman–Crippen MR) is 94.6 cm³/mol. The third-order valence-electron chi connectivity index (χ3n) is 4.27. The highest BCUT2D eigenvalue weighted by atomic mass is 16.6. The molecule has 1 aromatic heterocycles. The fourth-order valence-corrected chi connectivity index (χ4v) is 2.99. The van der Waals surface area contributed by atoms with Gasteiger partial charge in [-0.05, 0) is 31.4 Å². The van der Waals surface area contributed by atoms with E-state index in [1.165, 1.54) is 36.3 Å². The van der Waals surface area contributed by atoms with E-state index in [1.54, 1.807) is 0 Å². The Labute approximate surface area is 145 Å². The molecule has 1 N–H and O–H groups in total. The Balaban J connectivity index is 1.59. The number of amides is 1. The minimum absolute atomic E-state index is 0.0733. The topological polar surface area (TPSA) is 93.3 Å². The van der Waals surface area contributed by atoms with Gasteiger partial charge in [-0.15, -0.1) is 0 Å². The average Bonchev–Trinajstić information content (AvgIpc) is 3.11. The van der Waals surface area contributed by atoms with Crippen molar-refractivity contribution in [1.82, 2.24) is 9.78 Å². The SMILES string of the molecule is O=C(CCn1cc([N+](=O)[O-])cn1)Nc1ccccc1N1CCCCC1. The molecule has 8 heteroatoms. The summed E-state index contributed by atoms with van der Waals surface area (Å²) in [5.41, 5.74) is 1.78. The lowest BCUT2D eigenvalue weighted by molar-refractivity contribution is -0.385. The molecule has 8 nitrogen and oxygen atoms in total. The van der Waals surface area contributed by atoms with Gasteiger partial charge in [-0.25, -0.2) is 0 Å². The zero-order chi connectivity index (χ0) is 17.6. The number of carbonyl (C=O) groups excluding carboxylic acids is 1. The fraction of sp³-hybridized carbons (Fsp3) is 0.412. The van der Waals surface area contributed by atoms with Crippen LogP contribution in [0.3, 0.4) is 0 Å². The standard InChI is InChI=1S/C17H21N5O3/c23-17(8-11-21-13-14(12-18-21)22(24)25)19-15-6-2-3-7-16(15)20-9-4-1-5-10-20/h2-3,6-7,12-13H,1,4-5,8-11H2,(H,19,23). The molecule has 1 aromatic carbocycles. The number of para-hydroxylation sites is 2. The van der Waals surface area contributed by atoms with Crippen LogP contribution in [-0.2, 0) is 11.3 Å². The van der Waals surface area contributed by atoms with E-state index in [-0.39, 0.29) is 18.0 Å². The normalized spacial score (nSPS) is 14.3. The van der Waals surface area contributed by atoms with Gasteiger partial charge < -0.3 is 10.2 Å². The number of benzene rings is 1. The van der Waals surface area contributed by atoms with Gasteiger partial charge in [0.2, 0.25) is 5.91 Å².